The molecule has 0 saturated carbocycles. The van der Waals surface area contributed by atoms with Crippen LogP contribution in [0.5, 0.6) is 0 Å². The zero-order valence-electron chi connectivity index (χ0n) is 28.8. The monoisotopic (exact) mass is 679 g/mol. The Morgan fingerprint density at radius 3 is 1.72 bits per heavy atom. The minimum atomic E-state index is -0.377. The van der Waals surface area contributed by atoms with Crippen LogP contribution in [0.4, 0.5) is 0 Å². The summed E-state index contributed by atoms with van der Waals surface area (Å²) in [6.07, 6.45) is -0.377. The fourth-order valence-electron chi connectivity index (χ4n) is 7.41. The molecule has 1 unspecified atom stereocenters. The highest BCUT2D eigenvalue weighted by Gasteiger charge is 2.24. The number of fused-ring (bicyclic) bond motifs is 4. The number of nitrogens with zero attached hydrogens (tertiary/aromatic N) is 2. The maximum atomic E-state index is 6.55. The Bertz CT molecular complexity index is 2830. The van der Waals surface area contributed by atoms with Crippen molar-refractivity contribution in [2.24, 2.45) is 9.98 Å². The van der Waals surface area contributed by atoms with Crippen LogP contribution < -0.4 is 5.32 Å². The lowest BCUT2D eigenvalue weighted by Gasteiger charge is -2.24. The zero-order chi connectivity index (χ0) is 35.1. The number of rotatable bonds is 6. The largest absolute Gasteiger partial charge is 0.456 e. The standard InChI is InChI=1S/C49H33N3O/c1-3-10-32(11-4-1)34-22-25-38(26-23-34)48-50-47(37-13-5-2-6-14-37)51-49(52-48)43-16-9-17-44-46(43)42-29-28-41(31-45(42)53-44)36-20-18-35(19-21-36)40-27-24-33-12-7-8-15-39(33)30-40/h1-31,49H,(H,50,51,52). The summed E-state index contributed by atoms with van der Waals surface area (Å²) in [4.78, 5) is 10.2. The van der Waals surface area contributed by atoms with Crippen LogP contribution >= 0.6 is 0 Å². The molecule has 0 saturated heterocycles. The summed E-state index contributed by atoms with van der Waals surface area (Å²) in [6.45, 7) is 0. The van der Waals surface area contributed by atoms with Crippen LogP contribution in [0.15, 0.2) is 202 Å². The molecule has 1 aliphatic rings. The van der Waals surface area contributed by atoms with E-state index in [9.17, 15) is 0 Å². The summed E-state index contributed by atoms with van der Waals surface area (Å²) in [5.41, 5.74) is 11.7. The Morgan fingerprint density at radius 2 is 0.981 bits per heavy atom. The first-order chi connectivity index (χ1) is 26.2. The minimum Gasteiger partial charge on any atom is -0.456 e. The van der Waals surface area contributed by atoms with Gasteiger partial charge in [-0.1, -0.05) is 164 Å². The second kappa shape index (κ2) is 12.9. The molecule has 1 aliphatic heterocycles. The molecule has 0 radical (unpaired) electrons. The first kappa shape index (κ1) is 30.8. The molecular formula is C49H33N3O. The highest BCUT2D eigenvalue weighted by atomic mass is 16.3. The first-order valence-corrected chi connectivity index (χ1v) is 17.9. The van der Waals surface area contributed by atoms with Crippen molar-refractivity contribution in [1.82, 2.24) is 5.32 Å². The smallest absolute Gasteiger partial charge is 0.159 e. The van der Waals surface area contributed by atoms with Gasteiger partial charge in [-0.15, -0.1) is 0 Å². The first-order valence-electron chi connectivity index (χ1n) is 17.9. The van der Waals surface area contributed by atoms with Gasteiger partial charge in [-0.25, -0.2) is 9.98 Å². The van der Waals surface area contributed by atoms with Gasteiger partial charge in [-0.05, 0) is 68.4 Å². The van der Waals surface area contributed by atoms with Crippen molar-refractivity contribution in [3.8, 4) is 33.4 Å². The van der Waals surface area contributed by atoms with Gasteiger partial charge in [0.05, 0.1) is 0 Å². The summed E-state index contributed by atoms with van der Waals surface area (Å²) < 4.78 is 6.55. The Hall–Kier alpha value is -7.04. The summed E-state index contributed by atoms with van der Waals surface area (Å²) in [5, 5.41) is 8.28. The van der Waals surface area contributed by atoms with Crippen LogP contribution in [0.2, 0.25) is 0 Å². The maximum Gasteiger partial charge on any atom is 0.159 e. The highest BCUT2D eigenvalue weighted by Crippen LogP contribution is 2.38. The molecule has 4 nitrogen and oxygen atoms in total. The van der Waals surface area contributed by atoms with Crippen LogP contribution in [-0.4, -0.2) is 11.7 Å². The Kier molecular flexibility index (Phi) is 7.51. The molecule has 10 rings (SSSR count). The van der Waals surface area contributed by atoms with Crippen molar-refractivity contribution < 1.29 is 4.42 Å². The highest BCUT2D eigenvalue weighted by molar-refractivity contribution is 6.14. The van der Waals surface area contributed by atoms with E-state index in [0.29, 0.717) is 5.84 Å². The van der Waals surface area contributed by atoms with E-state index in [2.05, 4.69) is 157 Å². The number of hydrogen-bond acceptors (Lipinski definition) is 4. The third-order valence-electron chi connectivity index (χ3n) is 10.2. The molecule has 0 fully saturated rings. The van der Waals surface area contributed by atoms with Crippen LogP contribution in [-0.2, 0) is 0 Å². The molecular weight excluding hydrogens is 647 g/mol. The van der Waals surface area contributed by atoms with Gasteiger partial charge < -0.3 is 9.73 Å². The van der Waals surface area contributed by atoms with E-state index < -0.39 is 0 Å². The number of amidine groups is 2. The molecule has 53 heavy (non-hydrogen) atoms. The van der Waals surface area contributed by atoms with Crippen molar-refractivity contribution in [2.75, 3.05) is 0 Å². The molecule has 9 aromatic rings. The summed E-state index contributed by atoms with van der Waals surface area (Å²) in [5.74, 6) is 1.47. The number of furan rings is 1. The van der Waals surface area contributed by atoms with Crippen molar-refractivity contribution >= 4 is 44.4 Å². The van der Waals surface area contributed by atoms with E-state index in [4.69, 9.17) is 14.4 Å². The fraction of sp³-hybridized carbons (Fsp3) is 0.0204. The number of hydrogen-bond donors (Lipinski definition) is 1. The van der Waals surface area contributed by atoms with Gasteiger partial charge >= 0.3 is 0 Å². The SMILES string of the molecule is c1ccc(C2=NC(c3cccc4oc5cc(-c6ccc(-c7ccc8ccccc8c7)cc6)ccc5c34)NC(c3ccc(-c4ccccc4)cc3)=N2)cc1. The lowest BCUT2D eigenvalue weighted by Crippen LogP contribution is -2.33. The second-order valence-electron chi connectivity index (χ2n) is 13.4. The Balaban J connectivity index is 0.999. The normalized spacial score (nSPS) is 14.2. The Morgan fingerprint density at radius 1 is 0.415 bits per heavy atom. The second-order valence-corrected chi connectivity index (χ2v) is 13.4. The van der Waals surface area contributed by atoms with E-state index in [1.54, 1.807) is 0 Å². The summed E-state index contributed by atoms with van der Waals surface area (Å²) >= 11 is 0. The molecule has 1 atom stereocenters. The van der Waals surface area contributed by atoms with Gasteiger partial charge in [-0.2, -0.15) is 0 Å². The van der Waals surface area contributed by atoms with Crippen molar-refractivity contribution in [3.63, 3.8) is 0 Å². The minimum absolute atomic E-state index is 0.377. The third kappa shape index (κ3) is 5.77. The van der Waals surface area contributed by atoms with Crippen LogP contribution in [0.25, 0.3) is 66.1 Å². The topological polar surface area (TPSA) is 49.9 Å². The predicted molar refractivity (Wildman–Crippen MR) is 219 cm³/mol. The van der Waals surface area contributed by atoms with Crippen molar-refractivity contribution in [1.29, 1.82) is 0 Å². The molecule has 4 heteroatoms. The van der Waals surface area contributed by atoms with Gasteiger partial charge in [0.1, 0.15) is 23.2 Å². The van der Waals surface area contributed by atoms with Crippen molar-refractivity contribution in [2.45, 2.75) is 6.17 Å². The third-order valence-corrected chi connectivity index (χ3v) is 10.2. The summed E-state index contributed by atoms with van der Waals surface area (Å²) in [7, 11) is 0. The number of aliphatic imine (C=N–C) groups is 2. The van der Waals surface area contributed by atoms with E-state index in [1.807, 2.05) is 36.4 Å². The van der Waals surface area contributed by atoms with E-state index in [1.165, 1.54) is 27.5 Å². The molecule has 0 bridgehead atoms. The van der Waals surface area contributed by atoms with Crippen LogP contribution in [0.3, 0.4) is 0 Å². The molecule has 2 heterocycles. The predicted octanol–water partition coefficient (Wildman–Crippen LogP) is 12.2. The number of benzene rings is 8. The lowest BCUT2D eigenvalue weighted by molar-refractivity contribution is 0.662. The average Bonchev–Trinajstić information content (AvgIpc) is 3.62. The van der Waals surface area contributed by atoms with Gasteiger partial charge in [0.25, 0.3) is 0 Å². The van der Waals surface area contributed by atoms with Gasteiger partial charge in [0.15, 0.2) is 5.84 Å². The van der Waals surface area contributed by atoms with Crippen molar-refractivity contribution in [3.05, 3.63) is 205 Å². The van der Waals surface area contributed by atoms with E-state index in [0.717, 1.165) is 61.2 Å². The molecule has 250 valence electrons. The van der Waals surface area contributed by atoms with Crippen LogP contribution in [0, 0.1) is 0 Å². The molecule has 8 aromatic carbocycles. The van der Waals surface area contributed by atoms with E-state index >= 15 is 0 Å². The van der Waals surface area contributed by atoms with Crippen LogP contribution in [0.1, 0.15) is 22.9 Å². The summed E-state index contributed by atoms with van der Waals surface area (Å²) in [6, 6.07) is 65.8. The lowest BCUT2D eigenvalue weighted by atomic mass is 9.97. The van der Waals surface area contributed by atoms with Gasteiger partial charge in [-0.3, -0.25) is 0 Å². The molecule has 0 amide bonds. The maximum absolute atomic E-state index is 6.55. The molecule has 0 aliphatic carbocycles. The van der Waals surface area contributed by atoms with E-state index in [-0.39, 0.29) is 6.17 Å². The number of nitrogens with one attached hydrogen (secondary N) is 1. The van der Waals surface area contributed by atoms with Gasteiger partial charge in [0, 0.05) is 27.5 Å². The Labute approximate surface area is 307 Å². The zero-order valence-corrected chi connectivity index (χ0v) is 28.8. The molecule has 0 spiro atoms. The quantitative estimate of drug-likeness (QED) is 0.190. The van der Waals surface area contributed by atoms with Gasteiger partial charge in [0.2, 0.25) is 0 Å². The molecule has 1 aromatic heterocycles. The fourth-order valence-corrected chi connectivity index (χ4v) is 7.41. The molecule has 1 N–H and O–H groups in total. The average molecular weight is 680 g/mol.